The highest BCUT2D eigenvalue weighted by Crippen LogP contribution is 2.22. The molecule has 18 heavy (non-hydrogen) atoms. The van der Waals surface area contributed by atoms with Gasteiger partial charge in [0.05, 0.1) is 11.4 Å². The topological polar surface area (TPSA) is 42.2 Å². The van der Waals surface area contributed by atoms with Crippen LogP contribution >= 0.6 is 0 Å². The summed E-state index contributed by atoms with van der Waals surface area (Å²) in [6.45, 7) is 4.02. The zero-order chi connectivity index (χ0) is 12.8. The van der Waals surface area contributed by atoms with Crippen LogP contribution in [0.2, 0.25) is 0 Å². The SMILES string of the molecule is CCN(CCc1ccccn1)c1ccccc1N. The van der Waals surface area contributed by atoms with Crippen molar-refractivity contribution in [2.24, 2.45) is 0 Å². The van der Waals surface area contributed by atoms with Crippen molar-refractivity contribution in [3.63, 3.8) is 0 Å². The highest BCUT2D eigenvalue weighted by Gasteiger charge is 2.07. The molecule has 0 saturated heterocycles. The summed E-state index contributed by atoms with van der Waals surface area (Å²) in [4.78, 5) is 6.62. The van der Waals surface area contributed by atoms with Gasteiger partial charge in [-0.25, -0.2) is 0 Å². The van der Waals surface area contributed by atoms with Gasteiger partial charge in [-0.2, -0.15) is 0 Å². The fraction of sp³-hybridized carbons (Fsp3) is 0.267. The van der Waals surface area contributed by atoms with Gasteiger partial charge in [0, 0.05) is 31.4 Å². The highest BCUT2D eigenvalue weighted by atomic mass is 15.1. The van der Waals surface area contributed by atoms with Gasteiger partial charge in [0.2, 0.25) is 0 Å². The number of benzene rings is 1. The van der Waals surface area contributed by atoms with Gasteiger partial charge in [-0.1, -0.05) is 18.2 Å². The number of aromatic nitrogens is 1. The van der Waals surface area contributed by atoms with Gasteiger partial charge < -0.3 is 10.6 Å². The van der Waals surface area contributed by atoms with Crippen LogP contribution in [0.4, 0.5) is 11.4 Å². The Hall–Kier alpha value is -2.03. The second kappa shape index (κ2) is 6.05. The number of nitrogen functional groups attached to an aromatic ring is 1. The molecule has 2 N–H and O–H groups in total. The maximum absolute atomic E-state index is 6.01. The third-order valence-electron chi connectivity index (χ3n) is 3.02. The predicted octanol–water partition coefficient (Wildman–Crippen LogP) is 2.73. The molecular weight excluding hydrogens is 222 g/mol. The van der Waals surface area contributed by atoms with Crippen molar-refractivity contribution in [2.45, 2.75) is 13.3 Å². The number of anilines is 2. The second-order valence-electron chi connectivity index (χ2n) is 4.21. The van der Waals surface area contributed by atoms with Gasteiger partial charge in [-0.3, -0.25) is 4.98 Å². The fourth-order valence-corrected chi connectivity index (χ4v) is 2.02. The molecule has 3 nitrogen and oxygen atoms in total. The van der Waals surface area contributed by atoms with E-state index in [2.05, 4.69) is 28.9 Å². The van der Waals surface area contributed by atoms with E-state index in [1.807, 2.05) is 36.5 Å². The molecule has 0 saturated carbocycles. The molecule has 0 aliphatic heterocycles. The molecule has 0 fully saturated rings. The summed E-state index contributed by atoms with van der Waals surface area (Å²) < 4.78 is 0. The molecule has 2 rings (SSSR count). The molecular formula is C15H19N3. The summed E-state index contributed by atoms with van der Waals surface area (Å²) in [5, 5.41) is 0. The number of nitrogens with two attached hydrogens (primary N) is 1. The quantitative estimate of drug-likeness (QED) is 0.818. The van der Waals surface area contributed by atoms with E-state index in [1.165, 1.54) is 0 Å². The average molecular weight is 241 g/mol. The number of para-hydroxylation sites is 2. The molecule has 0 amide bonds. The van der Waals surface area contributed by atoms with Crippen molar-refractivity contribution in [1.29, 1.82) is 0 Å². The number of rotatable bonds is 5. The van der Waals surface area contributed by atoms with E-state index in [4.69, 9.17) is 5.73 Å². The van der Waals surface area contributed by atoms with Crippen molar-refractivity contribution in [3.05, 3.63) is 54.4 Å². The summed E-state index contributed by atoms with van der Waals surface area (Å²) in [5.41, 5.74) is 9.07. The Balaban J connectivity index is 2.04. The minimum Gasteiger partial charge on any atom is -0.397 e. The highest BCUT2D eigenvalue weighted by molar-refractivity contribution is 5.67. The van der Waals surface area contributed by atoms with Gasteiger partial charge in [-0.05, 0) is 31.2 Å². The number of hydrogen-bond donors (Lipinski definition) is 1. The molecule has 94 valence electrons. The van der Waals surface area contributed by atoms with E-state index >= 15 is 0 Å². The van der Waals surface area contributed by atoms with E-state index < -0.39 is 0 Å². The molecule has 0 aliphatic carbocycles. The minimum atomic E-state index is 0.834. The van der Waals surface area contributed by atoms with Crippen LogP contribution in [-0.4, -0.2) is 18.1 Å². The van der Waals surface area contributed by atoms with Gasteiger partial charge in [0.15, 0.2) is 0 Å². The third kappa shape index (κ3) is 3.00. The van der Waals surface area contributed by atoms with Crippen LogP contribution < -0.4 is 10.6 Å². The lowest BCUT2D eigenvalue weighted by Crippen LogP contribution is -2.26. The Labute approximate surface area is 108 Å². The molecule has 0 atom stereocenters. The van der Waals surface area contributed by atoms with Gasteiger partial charge >= 0.3 is 0 Å². The zero-order valence-corrected chi connectivity index (χ0v) is 10.7. The Kier molecular flexibility index (Phi) is 4.18. The molecule has 1 aromatic carbocycles. The summed E-state index contributed by atoms with van der Waals surface area (Å²) in [6.07, 6.45) is 2.77. The van der Waals surface area contributed by atoms with Crippen LogP contribution in [0.25, 0.3) is 0 Å². The monoisotopic (exact) mass is 241 g/mol. The smallest absolute Gasteiger partial charge is 0.0599 e. The summed E-state index contributed by atoms with van der Waals surface area (Å²) >= 11 is 0. The van der Waals surface area contributed by atoms with Gasteiger partial charge in [0.25, 0.3) is 0 Å². The number of hydrogen-bond acceptors (Lipinski definition) is 3. The van der Waals surface area contributed by atoms with Crippen molar-refractivity contribution < 1.29 is 0 Å². The largest absolute Gasteiger partial charge is 0.397 e. The van der Waals surface area contributed by atoms with Crippen molar-refractivity contribution in [3.8, 4) is 0 Å². The maximum Gasteiger partial charge on any atom is 0.0599 e. The average Bonchev–Trinajstić information content (AvgIpc) is 2.42. The predicted molar refractivity (Wildman–Crippen MR) is 76.7 cm³/mol. The van der Waals surface area contributed by atoms with Crippen molar-refractivity contribution >= 4 is 11.4 Å². The lowest BCUT2D eigenvalue weighted by atomic mass is 10.2. The first-order chi connectivity index (χ1) is 8.81. The molecule has 0 radical (unpaired) electrons. The molecule has 3 heteroatoms. The van der Waals surface area contributed by atoms with Crippen molar-refractivity contribution in [1.82, 2.24) is 4.98 Å². The van der Waals surface area contributed by atoms with Crippen LogP contribution in [-0.2, 0) is 6.42 Å². The summed E-state index contributed by atoms with van der Waals surface area (Å²) in [6, 6.07) is 14.0. The van der Waals surface area contributed by atoms with E-state index in [0.717, 1.165) is 36.6 Å². The molecule has 0 spiro atoms. The first-order valence-electron chi connectivity index (χ1n) is 6.30. The molecule has 1 heterocycles. The summed E-state index contributed by atoms with van der Waals surface area (Å²) in [5.74, 6) is 0. The fourth-order valence-electron chi connectivity index (χ4n) is 2.02. The Morgan fingerprint density at radius 3 is 2.56 bits per heavy atom. The Morgan fingerprint density at radius 1 is 1.11 bits per heavy atom. The molecule has 0 aliphatic rings. The standard InChI is InChI=1S/C15H19N3/c1-2-18(15-9-4-3-8-14(15)16)12-10-13-7-5-6-11-17-13/h3-9,11H,2,10,12,16H2,1H3. The van der Waals surface area contributed by atoms with E-state index in [1.54, 1.807) is 0 Å². The molecule has 0 bridgehead atoms. The van der Waals surface area contributed by atoms with Crippen LogP contribution in [0.15, 0.2) is 48.7 Å². The first-order valence-corrected chi connectivity index (χ1v) is 6.30. The van der Waals surface area contributed by atoms with E-state index in [0.29, 0.717) is 0 Å². The molecule has 2 aromatic rings. The van der Waals surface area contributed by atoms with Gasteiger partial charge in [0.1, 0.15) is 0 Å². The number of pyridine rings is 1. The minimum absolute atomic E-state index is 0.834. The van der Waals surface area contributed by atoms with Crippen LogP contribution in [0, 0.1) is 0 Å². The number of likely N-dealkylation sites (N-methyl/N-ethyl adjacent to an activating group) is 1. The van der Waals surface area contributed by atoms with Crippen molar-refractivity contribution in [2.75, 3.05) is 23.7 Å². The first kappa shape index (κ1) is 12.4. The lowest BCUT2D eigenvalue weighted by molar-refractivity contribution is 0.796. The normalized spacial score (nSPS) is 10.3. The second-order valence-corrected chi connectivity index (χ2v) is 4.21. The lowest BCUT2D eigenvalue weighted by Gasteiger charge is -2.24. The third-order valence-corrected chi connectivity index (χ3v) is 3.02. The Morgan fingerprint density at radius 2 is 1.89 bits per heavy atom. The zero-order valence-electron chi connectivity index (χ0n) is 10.7. The summed E-state index contributed by atoms with van der Waals surface area (Å²) in [7, 11) is 0. The van der Waals surface area contributed by atoms with E-state index in [-0.39, 0.29) is 0 Å². The van der Waals surface area contributed by atoms with E-state index in [9.17, 15) is 0 Å². The van der Waals surface area contributed by atoms with Crippen LogP contribution in [0.3, 0.4) is 0 Å². The molecule has 1 aromatic heterocycles. The van der Waals surface area contributed by atoms with Crippen LogP contribution in [0.1, 0.15) is 12.6 Å². The molecule has 0 unspecified atom stereocenters. The Bertz CT molecular complexity index is 482. The van der Waals surface area contributed by atoms with Crippen LogP contribution in [0.5, 0.6) is 0 Å². The van der Waals surface area contributed by atoms with Gasteiger partial charge in [-0.15, -0.1) is 0 Å². The number of nitrogens with zero attached hydrogens (tertiary/aromatic N) is 2. The maximum atomic E-state index is 6.01.